The molecular formula is C23H19N. The van der Waals surface area contributed by atoms with Crippen LogP contribution < -0.4 is 0 Å². The quantitative estimate of drug-likeness (QED) is 0.449. The van der Waals surface area contributed by atoms with Crippen molar-refractivity contribution in [1.82, 2.24) is 4.57 Å². The van der Waals surface area contributed by atoms with Gasteiger partial charge in [-0.15, -0.1) is 0 Å². The Labute approximate surface area is 142 Å². The zero-order valence-corrected chi connectivity index (χ0v) is 13.4. The molecule has 1 nitrogen and oxygen atoms in total. The molecule has 1 heterocycles. The predicted octanol–water partition coefficient (Wildman–Crippen LogP) is 5.79. The molecule has 4 aromatic rings. The second-order valence-corrected chi connectivity index (χ2v) is 5.93. The van der Waals surface area contributed by atoms with Gasteiger partial charge in [0.25, 0.3) is 0 Å². The summed E-state index contributed by atoms with van der Waals surface area (Å²) >= 11 is 0. The average molecular weight is 309 g/mol. The van der Waals surface area contributed by atoms with E-state index in [1.54, 1.807) is 0 Å². The molecule has 0 aliphatic rings. The van der Waals surface area contributed by atoms with Crippen LogP contribution >= 0.6 is 0 Å². The van der Waals surface area contributed by atoms with Gasteiger partial charge < -0.3 is 4.57 Å². The smallest absolute Gasteiger partial charge is 0.0833 e. The summed E-state index contributed by atoms with van der Waals surface area (Å²) in [5, 5.41) is 0. The van der Waals surface area contributed by atoms with Crippen molar-refractivity contribution in [2.75, 3.05) is 0 Å². The lowest BCUT2D eigenvalue weighted by Gasteiger charge is -2.20. The second kappa shape index (κ2) is 6.59. The first-order valence-corrected chi connectivity index (χ1v) is 8.24. The fourth-order valence-corrected chi connectivity index (χ4v) is 3.18. The van der Waals surface area contributed by atoms with E-state index in [1.807, 2.05) is 0 Å². The molecule has 116 valence electrons. The lowest BCUT2D eigenvalue weighted by atomic mass is 9.96. The van der Waals surface area contributed by atoms with Gasteiger partial charge in [0.1, 0.15) is 0 Å². The number of nitrogens with zero attached hydrogens (tertiary/aromatic N) is 1. The maximum absolute atomic E-state index is 2.26. The average Bonchev–Trinajstić information content (AvgIpc) is 3.18. The van der Waals surface area contributed by atoms with Gasteiger partial charge in [0.2, 0.25) is 0 Å². The third-order valence-electron chi connectivity index (χ3n) is 4.37. The number of hydrogen-bond acceptors (Lipinski definition) is 0. The lowest BCUT2D eigenvalue weighted by molar-refractivity contribution is 0.682. The molecule has 0 spiro atoms. The van der Waals surface area contributed by atoms with Gasteiger partial charge >= 0.3 is 0 Å². The van der Waals surface area contributed by atoms with E-state index in [4.69, 9.17) is 0 Å². The molecule has 0 saturated heterocycles. The van der Waals surface area contributed by atoms with Crippen molar-refractivity contribution < 1.29 is 0 Å². The molecule has 0 radical (unpaired) electrons. The molecule has 4 rings (SSSR count). The maximum Gasteiger partial charge on any atom is 0.0833 e. The van der Waals surface area contributed by atoms with E-state index >= 15 is 0 Å². The van der Waals surface area contributed by atoms with E-state index in [-0.39, 0.29) is 6.04 Å². The summed E-state index contributed by atoms with van der Waals surface area (Å²) in [5.41, 5.74) is 5.08. The summed E-state index contributed by atoms with van der Waals surface area (Å²) in [6.45, 7) is 0. The number of aromatic nitrogens is 1. The highest BCUT2D eigenvalue weighted by Gasteiger charge is 2.15. The fraction of sp³-hybridized carbons (Fsp3) is 0.0435. The van der Waals surface area contributed by atoms with Gasteiger partial charge in [0, 0.05) is 12.4 Å². The molecule has 0 aliphatic carbocycles. The Morgan fingerprint density at radius 3 is 1.58 bits per heavy atom. The van der Waals surface area contributed by atoms with E-state index in [9.17, 15) is 0 Å². The van der Waals surface area contributed by atoms with Crippen LogP contribution in [0.3, 0.4) is 0 Å². The van der Waals surface area contributed by atoms with E-state index < -0.39 is 0 Å². The first-order chi connectivity index (χ1) is 11.9. The SMILES string of the molecule is c1ccc(-c2ccc(C(c3ccccc3)n3cccc3)cc2)cc1. The van der Waals surface area contributed by atoms with Crippen LogP contribution in [0.4, 0.5) is 0 Å². The standard InChI is InChI=1S/C23H19N/c1-3-9-19(10-4-1)20-13-15-22(16-14-20)23(24-17-7-8-18-24)21-11-5-2-6-12-21/h1-18,23H. The Bertz CT molecular complexity index is 876. The van der Waals surface area contributed by atoms with Gasteiger partial charge in [-0.1, -0.05) is 84.9 Å². The number of benzene rings is 3. The molecule has 0 bridgehead atoms. The summed E-state index contributed by atoms with van der Waals surface area (Å²) < 4.78 is 2.26. The predicted molar refractivity (Wildman–Crippen MR) is 100.0 cm³/mol. The van der Waals surface area contributed by atoms with Crippen LogP contribution in [0.25, 0.3) is 11.1 Å². The summed E-state index contributed by atoms with van der Waals surface area (Å²) in [7, 11) is 0. The fourth-order valence-electron chi connectivity index (χ4n) is 3.18. The van der Waals surface area contributed by atoms with Crippen molar-refractivity contribution >= 4 is 0 Å². The number of rotatable bonds is 4. The van der Waals surface area contributed by atoms with Crippen molar-refractivity contribution in [3.05, 3.63) is 121 Å². The monoisotopic (exact) mass is 309 g/mol. The first kappa shape index (κ1) is 14.5. The summed E-state index contributed by atoms with van der Waals surface area (Å²) in [6, 6.07) is 34.4. The van der Waals surface area contributed by atoms with Crippen LogP contribution in [0.15, 0.2) is 109 Å². The van der Waals surface area contributed by atoms with Crippen molar-refractivity contribution in [2.45, 2.75) is 6.04 Å². The van der Waals surface area contributed by atoms with E-state index in [1.165, 1.54) is 22.3 Å². The minimum atomic E-state index is 0.200. The zero-order valence-electron chi connectivity index (χ0n) is 13.4. The molecule has 3 aromatic carbocycles. The van der Waals surface area contributed by atoms with Crippen LogP contribution in [0.2, 0.25) is 0 Å². The second-order valence-electron chi connectivity index (χ2n) is 5.93. The molecule has 24 heavy (non-hydrogen) atoms. The molecule has 0 N–H and O–H groups in total. The zero-order chi connectivity index (χ0) is 16.2. The van der Waals surface area contributed by atoms with Crippen molar-refractivity contribution in [3.8, 4) is 11.1 Å². The van der Waals surface area contributed by atoms with Crippen LogP contribution in [0.5, 0.6) is 0 Å². The van der Waals surface area contributed by atoms with Crippen molar-refractivity contribution in [1.29, 1.82) is 0 Å². The Hall–Kier alpha value is -3.06. The molecule has 1 heteroatoms. The van der Waals surface area contributed by atoms with Crippen LogP contribution in [0, 0.1) is 0 Å². The van der Waals surface area contributed by atoms with Crippen LogP contribution in [0.1, 0.15) is 17.2 Å². The van der Waals surface area contributed by atoms with Crippen molar-refractivity contribution in [2.24, 2.45) is 0 Å². The third-order valence-corrected chi connectivity index (χ3v) is 4.37. The minimum Gasteiger partial charge on any atom is -0.343 e. The summed E-state index contributed by atoms with van der Waals surface area (Å²) in [6.07, 6.45) is 4.26. The van der Waals surface area contributed by atoms with Crippen LogP contribution in [-0.2, 0) is 0 Å². The summed E-state index contributed by atoms with van der Waals surface area (Å²) in [5.74, 6) is 0. The highest BCUT2D eigenvalue weighted by atomic mass is 15.0. The lowest BCUT2D eigenvalue weighted by Crippen LogP contribution is -2.10. The van der Waals surface area contributed by atoms with Gasteiger partial charge in [-0.3, -0.25) is 0 Å². The van der Waals surface area contributed by atoms with E-state index in [2.05, 4.69) is 114 Å². The molecular weight excluding hydrogens is 290 g/mol. The molecule has 1 atom stereocenters. The Balaban J connectivity index is 1.74. The third kappa shape index (κ3) is 2.89. The molecule has 0 aliphatic heterocycles. The Kier molecular flexibility index (Phi) is 3.99. The van der Waals surface area contributed by atoms with Gasteiger partial charge in [-0.05, 0) is 34.4 Å². The molecule has 1 unspecified atom stereocenters. The van der Waals surface area contributed by atoms with E-state index in [0.717, 1.165) is 0 Å². The van der Waals surface area contributed by atoms with Gasteiger partial charge in [-0.2, -0.15) is 0 Å². The topological polar surface area (TPSA) is 4.93 Å². The Morgan fingerprint density at radius 2 is 0.958 bits per heavy atom. The molecule has 0 fully saturated rings. The van der Waals surface area contributed by atoms with Crippen LogP contribution in [-0.4, -0.2) is 4.57 Å². The van der Waals surface area contributed by atoms with Gasteiger partial charge in [0.15, 0.2) is 0 Å². The van der Waals surface area contributed by atoms with Gasteiger partial charge in [-0.25, -0.2) is 0 Å². The van der Waals surface area contributed by atoms with Gasteiger partial charge in [0.05, 0.1) is 6.04 Å². The first-order valence-electron chi connectivity index (χ1n) is 8.24. The molecule has 1 aromatic heterocycles. The van der Waals surface area contributed by atoms with Crippen molar-refractivity contribution in [3.63, 3.8) is 0 Å². The Morgan fingerprint density at radius 1 is 0.458 bits per heavy atom. The van der Waals surface area contributed by atoms with E-state index in [0.29, 0.717) is 0 Å². The largest absolute Gasteiger partial charge is 0.343 e. The molecule has 0 saturated carbocycles. The molecule has 0 amide bonds. The maximum atomic E-state index is 2.26. The highest BCUT2D eigenvalue weighted by molar-refractivity contribution is 5.63. The number of hydrogen-bond donors (Lipinski definition) is 0. The summed E-state index contributed by atoms with van der Waals surface area (Å²) in [4.78, 5) is 0. The highest BCUT2D eigenvalue weighted by Crippen LogP contribution is 2.29. The minimum absolute atomic E-state index is 0.200. The normalized spacial score (nSPS) is 12.0.